The average molecular weight is 210 g/mol. The lowest BCUT2D eigenvalue weighted by Crippen LogP contribution is -2.22. The molecule has 0 saturated heterocycles. The maximum Gasteiger partial charge on any atom is 0.0898 e. The van der Waals surface area contributed by atoms with Crippen molar-refractivity contribution in [2.45, 2.75) is 19.3 Å². The average Bonchev–Trinajstić information content (AvgIpc) is 2.13. The molecule has 0 bridgehead atoms. The third kappa shape index (κ3) is 1.75. The van der Waals surface area contributed by atoms with Crippen molar-refractivity contribution in [3.8, 4) is 0 Å². The Labute approximate surface area is 88.2 Å². The predicted octanol–water partition coefficient (Wildman–Crippen LogP) is 3.32. The summed E-state index contributed by atoms with van der Waals surface area (Å²) >= 11 is 5.78. The summed E-state index contributed by atoms with van der Waals surface area (Å²) in [5, 5.41) is 13.0. The zero-order valence-electron chi connectivity index (χ0n) is 7.78. The van der Waals surface area contributed by atoms with Crippen molar-refractivity contribution in [1.29, 1.82) is 0 Å². The second-order valence-electron chi connectivity index (χ2n) is 3.62. The van der Waals surface area contributed by atoms with Crippen molar-refractivity contribution < 1.29 is 5.21 Å². The first-order valence-corrected chi connectivity index (χ1v) is 5.17. The maximum absolute atomic E-state index is 8.94. The Bertz CT molecular complexity index is 341. The SMILES string of the molecule is O/N=C(/c1ccc(Cl)cc1)C1CCC1. The molecular weight excluding hydrogens is 198 g/mol. The summed E-state index contributed by atoms with van der Waals surface area (Å²) in [5.41, 5.74) is 1.77. The van der Waals surface area contributed by atoms with Crippen LogP contribution in [0.15, 0.2) is 29.4 Å². The molecule has 2 rings (SSSR count). The Morgan fingerprint density at radius 3 is 2.36 bits per heavy atom. The minimum absolute atomic E-state index is 0.432. The fourth-order valence-corrected chi connectivity index (χ4v) is 1.80. The van der Waals surface area contributed by atoms with Gasteiger partial charge in [-0.3, -0.25) is 0 Å². The van der Waals surface area contributed by atoms with E-state index in [9.17, 15) is 0 Å². The van der Waals surface area contributed by atoms with Crippen LogP contribution >= 0.6 is 11.6 Å². The Morgan fingerprint density at radius 1 is 1.29 bits per heavy atom. The first-order valence-electron chi connectivity index (χ1n) is 4.79. The molecule has 1 aromatic rings. The molecule has 0 spiro atoms. The minimum Gasteiger partial charge on any atom is -0.411 e. The monoisotopic (exact) mass is 209 g/mol. The molecule has 74 valence electrons. The lowest BCUT2D eigenvalue weighted by Gasteiger charge is -2.26. The van der Waals surface area contributed by atoms with Crippen molar-refractivity contribution in [3.63, 3.8) is 0 Å². The van der Waals surface area contributed by atoms with Gasteiger partial charge in [0.1, 0.15) is 0 Å². The van der Waals surface area contributed by atoms with Crippen LogP contribution in [0.25, 0.3) is 0 Å². The zero-order chi connectivity index (χ0) is 9.97. The normalized spacial score (nSPS) is 17.9. The Kier molecular flexibility index (Phi) is 2.73. The smallest absolute Gasteiger partial charge is 0.0898 e. The number of benzene rings is 1. The first-order chi connectivity index (χ1) is 6.81. The van der Waals surface area contributed by atoms with Crippen LogP contribution in [-0.4, -0.2) is 10.9 Å². The van der Waals surface area contributed by atoms with Gasteiger partial charge < -0.3 is 5.21 Å². The van der Waals surface area contributed by atoms with E-state index in [0.29, 0.717) is 10.9 Å². The standard InChI is InChI=1S/C11H12ClNO/c12-10-6-4-9(5-7-10)11(13-14)8-2-1-3-8/h4-8,14H,1-3H2/b13-11+. The summed E-state index contributed by atoms with van der Waals surface area (Å²) in [6.07, 6.45) is 3.49. The van der Waals surface area contributed by atoms with Gasteiger partial charge in [-0.15, -0.1) is 0 Å². The fraction of sp³-hybridized carbons (Fsp3) is 0.364. The summed E-state index contributed by atoms with van der Waals surface area (Å²) in [6, 6.07) is 7.44. The van der Waals surface area contributed by atoms with Crippen LogP contribution in [0.4, 0.5) is 0 Å². The number of hydrogen-bond donors (Lipinski definition) is 1. The molecule has 2 nitrogen and oxygen atoms in total. The van der Waals surface area contributed by atoms with Gasteiger partial charge in [0.05, 0.1) is 5.71 Å². The number of halogens is 1. The molecule has 1 aliphatic rings. The highest BCUT2D eigenvalue weighted by atomic mass is 35.5. The van der Waals surface area contributed by atoms with Gasteiger partial charge in [0.15, 0.2) is 0 Å². The largest absolute Gasteiger partial charge is 0.411 e. The summed E-state index contributed by atoms with van der Waals surface area (Å²) in [5.74, 6) is 0.432. The summed E-state index contributed by atoms with van der Waals surface area (Å²) in [4.78, 5) is 0. The highest BCUT2D eigenvalue weighted by molar-refractivity contribution is 6.30. The number of oxime groups is 1. The van der Waals surface area contributed by atoms with Gasteiger partial charge in [-0.25, -0.2) is 0 Å². The number of hydrogen-bond acceptors (Lipinski definition) is 2. The molecule has 0 amide bonds. The van der Waals surface area contributed by atoms with E-state index in [-0.39, 0.29) is 0 Å². The third-order valence-electron chi connectivity index (χ3n) is 2.74. The highest BCUT2D eigenvalue weighted by Crippen LogP contribution is 2.30. The van der Waals surface area contributed by atoms with Crippen molar-refractivity contribution >= 4 is 17.3 Å². The van der Waals surface area contributed by atoms with Crippen LogP contribution in [0.5, 0.6) is 0 Å². The fourth-order valence-electron chi connectivity index (χ4n) is 1.68. The van der Waals surface area contributed by atoms with E-state index in [0.717, 1.165) is 24.1 Å². The van der Waals surface area contributed by atoms with E-state index in [1.165, 1.54) is 6.42 Å². The van der Waals surface area contributed by atoms with Crippen molar-refractivity contribution in [1.82, 2.24) is 0 Å². The molecule has 0 atom stereocenters. The minimum atomic E-state index is 0.432. The molecule has 1 fully saturated rings. The van der Waals surface area contributed by atoms with Gasteiger partial charge >= 0.3 is 0 Å². The van der Waals surface area contributed by atoms with Gasteiger partial charge in [-0.05, 0) is 30.5 Å². The number of nitrogens with zero attached hydrogens (tertiary/aromatic N) is 1. The van der Waals surface area contributed by atoms with Crippen LogP contribution in [0.3, 0.4) is 0 Å². The number of rotatable bonds is 2. The molecule has 0 heterocycles. The van der Waals surface area contributed by atoms with Crippen molar-refractivity contribution in [2.75, 3.05) is 0 Å². The Balaban J connectivity index is 2.23. The molecule has 14 heavy (non-hydrogen) atoms. The van der Waals surface area contributed by atoms with Crippen LogP contribution in [0, 0.1) is 5.92 Å². The quantitative estimate of drug-likeness (QED) is 0.452. The van der Waals surface area contributed by atoms with Crippen LogP contribution in [-0.2, 0) is 0 Å². The van der Waals surface area contributed by atoms with Crippen LogP contribution in [0.1, 0.15) is 24.8 Å². The maximum atomic E-state index is 8.94. The van der Waals surface area contributed by atoms with E-state index < -0.39 is 0 Å². The van der Waals surface area contributed by atoms with Gasteiger partial charge in [0.2, 0.25) is 0 Å². The Hall–Kier alpha value is -1.02. The molecule has 0 unspecified atom stereocenters. The highest BCUT2D eigenvalue weighted by Gasteiger charge is 2.24. The summed E-state index contributed by atoms with van der Waals surface area (Å²) in [6.45, 7) is 0. The zero-order valence-corrected chi connectivity index (χ0v) is 8.54. The molecule has 1 saturated carbocycles. The molecule has 0 aliphatic heterocycles. The second-order valence-corrected chi connectivity index (χ2v) is 4.06. The van der Waals surface area contributed by atoms with Gasteiger partial charge in [-0.1, -0.05) is 35.3 Å². The molecule has 0 aromatic heterocycles. The first kappa shape index (κ1) is 9.53. The van der Waals surface area contributed by atoms with Crippen molar-refractivity contribution in [2.24, 2.45) is 11.1 Å². The molecular formula is C11H12ClNO. The van der Waals surface area contributed by atoms with E-state index in [1.54, 1.807) is 0 Å². The Morgan fingerprint density at radius 2 is 1.93 bits per heavy atom. The molecule has 1 aliphatic carbocycles. The van der Waals surface area contributed by atoms with Gasteiger partial charge in [-0.2, -0.15) is 0 Å². The second kappa shape index (κ2) is 4.01. The molecule has 3 heteroatoms. The van der Waals surface area contributed by atoms with Crippen LogP contribution in [0.2, 0.25) is 5.02 Å². The van der Waals surface area contributed by atoms with Gasteiger partial charge in [0.25, 0.3) is 0 Å². The summed E-state index contributed by atoms with van der Waals surface area (Å²) < 4.78 is 0. The van der Waals surface area contributed by atoms with E-state index in [1.807, 2.05) is 24.3 Å². The van der Waals surface area contributed by atoms with Crippen LogP contribution < -0.4 is 0 Å². The molecule has 1 N–H and O–H groups in total. The lowest BCUT2D eigenvalue weighted by molar-refractivity contribution is 0.306. The molecule has 1 aromatic carbocycles. The van der Waals surface area contributed by atoms with E-state index >= 15 is 0 Å². The van der Waals surface area contributed by atoms with E-state index in [4.69, 9.17) is 16.8 Å². The third-order valence-corrected chi connectivity index (χ3v) is 2.99. The lowest BCUT2D eigenvalue weighted by atomic mass is 9.79. The summed E-state index contributed by atoms with van der Waals surface area (Å²) in [7, 11) is 0. The predicted molar refractivity (Wildman–Crippen MR) is 57.1 cm³/mol. The molecule has 0 radical (unpaired) electrons. The van der Waals surface area contributed by atoms with E-state index in [2.05, 4.69) is 5.16 Å². The van der Waals surface area contributed by atoms with Gasteiger partial charge in [0, 0.05) is 10.9 Å². The van der Waals surface area contributed by atoms with Crippen molar-refractivity contribution in [3.05, 3.63) is 34.9 Å². The topological polar surface area (TPSA) is 32.6 Å².